The molecule has 1 fully saturated rings. The average molecular weight is 469 g/mol. The Hall–Kier alpha value is -3.35. The maximum absolute atomic E-state index is 13.1. The highest BCUT2D eigenvalue weighted by Gasteiger charge is 2.47. The zero-order chi connectivity index (χ0) is 22.8. The van der Waals surface area contributed by atoms with Crippen LogP contribution in [0.15, 0.2) is 72.4 Å². The first-order valence-electron chi connectivity index (χ1n) is 9.82. The summed E-state index contributed by atoms with van der Waals surface area (Å²) in [4.78, 5) is 31.8. The van der Waals surface area contributed by atoms with Gasteiger partial charge in [0.1, 0.15) is 17.6 Å². The predicted molar refractivity (Wildman–Crippen MR) is 123 cm³/mol. The summed E-state index contributed by atoms with van der Waals surface area (Å²) in [7, 11) is 0. The van der Waals surface area contributed by atoms with Crippen LogP contribution in [0.3, 0.4) is 0 Å². The van der Waals surface area contributed by atoms with E-state index in [0.29, 0.717) is 39.3 Å². The number of hydrogen-bond acceptors (Lipinski definition) is 5. The van der Waals surface area contributed by atoms with Crippen LogP contribution in [0.2, 0.25) is 10.0 Å². The molecule has 32 heavy (non-hydrogen) atoms. The van der Waals surface area contributed by atoms with Crippen molar-refractivity contribution in [2.45, 2.75) is 13.0 Å². The van der Waals surface area contributed by atoms with Gasteiger partial charge in [0, 0.05) is 22.5 Å². The van der Waals surface area contributed by atoms with Crippen LogP contribution >= 0.6 is 23.2 Å². The number of Topliss-reactive ketones (excluding diaryl/α,β-unsaturated/α-hetero) is 1. The van der Waals surface area contributed by atoms with Crippen LogP contribution in [0, 0.1) is 0 Å². The molecule has 1 aliphatic heterocycles. The molecule has 8 heteroatoms. The summed E-state index contributed by atoms with van der Waals surface area (Å²) in [6.07, 6.45) is 1.56. The fourth-order valence-electron chi connectivity index (χ4n) is 3.61. The highest BCUT2D eigenvalue weighted by molar-refractivity contribution is 6.51. The summed E-state index contributed by atoms with van der Waals surface area (Å²) in [5, 5.41) is 11.9. The largest absolute Gasteiger partial charge is 0.507 e. The van der Waals surface area contributed by atoms with Crippen molar-refractivity contribution in [1.29, 1.82) is 0 Å². The van der Waals surface area contributed by atoms with Gasteiger partial charge in [-0.3, -0.25) is 19.5 Å². The molecule has 0 radical (unpaired) electrons. The number of anilines is 1. The van der Waals surface area contributed by atoms with E-state index in [1.165, 1.54) is 11.0 Å². The standard InChI is InChI=1S/C24H18Cl2N2O4/c1-2-32-19-12-14(9-10-17(19)26)22(29)20-21(18-8-3-4-11-27-18)28(24(31)23(20)30)16-7-5-6-15(25)13-16/h3-13,21,29H,2H2,1H3/b22-20+. The van der Waals surface area contributed by atoms with Gasteiger partial charge in [0.15, 0.2) is 0 Å². The average Bonchev–Trinajstić information content (AvgIpc) is 3.06. The highest BCUT2D eigenvalue weighted by Crippen LogP contribution is 2.42. The second kappa shape index (κ2) is 9.02. The first-order valence-corrected chi connectivity index (χ1v) is 10.6. The summed E-state index contributed by atoms with van der Waals surface area (Å²) in [6.45, 7) is 2.18. The molecule has 1 N–H and O–H groups in total. The summed E-state index contributed by atoms with van der Waals surface area (Å²) in [5.74, 6) is -1.60. The maximum Gasteiger partial charge on any atom is 0.300 e. The first-order chi connectivity index (χ1) is 15.4. The van der Waals surface area contributed by atoms with Crippen molar-refractivity contribution in [3.8, 4) is 5.75 Å². The second-order valence-corrected chi connectivity index (χ2v) is 7.83. The fraction of sp³-hybridized carbons (Fsp3) is 0.125. The zero-order valence-corrected chi connectivity index (χ0v) is 18.5. The molecule has 1 unspecified atom stereocenters. The molecule has 1 saturated heterocycles. The minimum Gasteiger partial charge on any atom is -0.507 e. The third-order valence-corrected chi connectivity index (χ3v) is 5.55. The topological polar surface area (TPSA) is 79.7 Å². The third-order valence-electron chi connectivity index (χ3n) is 5.00. The number of pyridine rings is 1. The van der Waals surface area contributed by atoms with Crippen molar-refractivity contribution >= 4 is 46.3 Å². The molecule has 1 aliphatic rings. The lowest BCUT2D eigenvalue weighted by Crippen LogP contribution is -2.29. The number of carbonyl (C=O) groups excluding carboxylic acids is 2. The van der Waals surface area contributed by atoms with Crippen molar-refractivity contribution in [3.05, 3.63) is 93.7 Å². The number of carbonyl (C=O) groups is 2. The Morgan fingerprint density at radius 3 is 2.59 bits per heavy atom. The lowest BCUT2D eigenvalue weighted by Gasteiger charge is -2.24. The molecule has 1 aromatic heterocycles. The van der Waals surface area contributed by atoms with Gasteiger partial charge in [-0.1, -0.05) is 35.3 Å². The minimum absolute atomic E-state index is 0.0848. The summed E-state index contributed by atoms with van der Waals surface area (Å²) < 4.78 is 5.50. The molecule has 0 aliphatic carbocycles. The van der Waals surface area contributed by atoms with Gasteiger partial charge in [-0.2, -0.15) is 0 Å². The summed E-state index contributed by atoms with van der Waals surface area (Å²) in [5.41, 5.74) is 1.05. The number of ether oxygens (including phenoxy) is 1. The fourth-order valence-corrected chi connectivity index (χ4v) is 3.97. The van der Waals surface area contributed by atoms with Gasteiger partial charge in [0.05, 0.1) is 22.9 Å². The number of benzene rings is 2. The smallest absolute Gasteiger partial charge is 0.300 e. The Morgan fingerprint density at radius 1 is 1.09 bits per heavy atom. The van der Waals surface area contributed by atoms with Gasteiger partial charge >= 0.3 is 0 Å². The van der Waals surface area contributed by atoms with E-state index in [0.717, 1.165) is 0 Å². The van der Waals surface area contributed by atoms with Crippen LogP contribution in [0.1, 0.15) is 24.2 Å². The van der Waals surface area contributed by atoms with Crippen molar-refractivity contribution < 1.29 is 19.4 Å². The van der Waals surface area contributed by atoms with Gasteiger partial charge in [-0.25, -0.2) is 0 Å². The monoisotopic (exact) mass is 468 g/mol. The second-order valence-electron chi connectivity index (χ2n) is 6.98. The number of amides is 1. The van der Waals surface area contributed by atoms with Crippen LogP contribution in [0.25, 0.3) is 5.76 Å². The molecule has 162 valence electrons. The van der Waals surface area contributed by atoms with Crippen LogP contribution in [0.4, 0.5) is 5.69 Å². The van der Waals surface area contributed by atoms with E-state index in [1.807, 2.05) is 0 Å². The molecule has 1 atom stereocenters. The summed E-state index contributed by atoms with van der Waals surface area (Å²) >= 11 is 12.3. The van der Waals surface area contributed by atoms with Gasteiger partial charge in [0.25, 0.3) is 11.7 Å². The first kappa shape index (κ1) is 21.9. The van der Waals surface area contributed by atoms with Crippen molar-refractivity contribution in [3.63, 3.8) is 0 Å². The molecule has 3 aromatic rings. The van der Waals surface area contributed by atoms with Crippen LogP contribution in [0.5, 0.6) is 5.75 Å². The Kier molecular flexibility index (Phi) is 6.17. The number of aliphatic hydroxyl groups is 1. The molecule has 2 aromatic carbocycles. The van der Waals surface area contributed by atoms with Gasteiger partial charge in [0.2, 0.25) is 0 Å². The van der Waals surface area contributed by atoms with E-state index < -0.39 is 17.7 Å². The predicted octanol–water partition coefficient (Wildman–Crippen LogP) is 5.41. The number of hydrogen-bond donors (Lipinski definition) is 1. The van der Waals surface area contributed by atoms with E-state index in [4.69, 9.17) is 27.9 Å². The van der Waals surface area contributed by atoms with E-state index in [9.17, 15) is 14.7 Å². The van der Waals surface area contributed by atoms with E-state index >= 15 is 0 Å². The van der Waals surface area contributed by atoms with Crippen LogP contribution < -0.4 is 9.64 Å². The molecule has 6 nitrogen and oxygen atoms in total. The maximum atomic E-state index is 13.1. The normalized spacial score (nSPS) is 17.6. The van der Waals surface area contributed by atoms with Crippen molar-refractivity contribution in [2.24, 2.45) is 0 Å². The number of nitrogens with zero attached hydrogens (tertiary/aromatic N) is 2. The molecule has 2 heterocycles. The number of halogens is 2. The number of aliphatic hydroxyl groups excluding tert-OH is 1. The molecule has 1 amide bonds. The van der Waals surface area contributed by atoms with Crippen LogP contribution in [-0.4, -0.2) is 28.4 Å². The quantitative estimate of drug-likeness (QED) is 0.307. The molecule has 0 bridgehead atoms. The minimum atomic E-state index is -0.944. The lowest BCUT2D eigenvalue weighted by molar-refractivity contribution is -0.132. The number of aromatic nitrogens is 1. The molecule has 0 saturated carbocycles. The van der Waals surface area contributed by atoms with Gasteiger partial charge in [-0.15, -0.1) is 0 Å². The highest BCUT2D eigenvalue weighted by atomic mass is 35.5. The van der Waals surface area contributed by atoms with E-state index in [-0.39, 0.29) is 11.3 Å². The van der Waals surface area contributed by atoms with Gasteiger partial charge in [-0.05, 0) is 55.5 Å². The Morgan fingerprint density at radius 2 is 1.91 bits per heavy atom. The van der Waals surface area contributed by atoms with Crippen molar-refractivity contribution in [2.75, 3.05) is 11.5 Å². The molecular weight excluding hydrogens is 451 g/mol. The number of rotatable bonds is 5. The zero-order valence-electron chi connectivity index (χ0n) is 17.0. The van der Waals surface area contributed by atoms with E-state index in [1.54, 1.807) is 67.7 Å². The van der Waals surface area contributed by atoms with Crippen molar-refractivity contribution in [1.82, 2.24) is 4.98 Å². The summed E-state index contributed by atoms with van der Waals surface area (Å²) in [6, 6.07) is 15.5. The Bertz CT molecular complexity index is 1230. The SMILES string of the molecule is CCOc1cc(/C(O)=C2\C(=O)C(=O)N(c3cccc(Cl)c3)C2c2ccccn2)ccc1Cl. The molecular formula is C24H18Cl2N2O4. The molecule has 4 rings (SSSR count). The van der Waals surface area contributed by atoms with Crippen LogP contribution in [-0.2, 0) is 9.59 Å². The number of ketones is 1. The van der Waals surface area contributed by atoms with Gasteiger partial charge < -0.3 is 9.84 Å². The molecule has 0 spiro atoms. The third kappa shape index (κ3) is 3.95. The van der Waals surface area contributed by atoms with E-state index in [2.05, 4.69) is 4.98 Å². The Balaban J connectivity index is 1.93. The lowest BCUT2D eigenvalue weighted by atomic mass is 9.98. The Labute approximate surface area is 194 Å².